The Bertz CT molecular complexity index is 240. The first-order valence-electron chi connectivity index (χ1n) is 5.85. The van der Waals surface area contributed by atoms with Crippen molar-refractivity contribution in [1.29, 1.82) is 0 Å². The summed E-state index contributed by atoms with van der Waals surface area (Å²) in [5.74, 6) is -0.0417. The fourth-order valence-electron chi connectivity index (χ4n) is 1.92. The fourth-order valence-corrected chi connectivity index (χ4v) is 1.92. The number of piperidine rings is 1. The number of carbonyl (C=O) groups excluding carboxylic acids is 2. The molecule has 5 heteroatoms. The lowest BCUT2D eigenvalue weighted by Crippen LogP contribution is -2.45. The number of nitrogens with zero attached hydrogens (tertiary/aromatic N) is 1. The lowest BCUT2D eigenvalue weighted by Gasteiger charge is -2.28. The van der Waals surface area contributed by atoms with E-state index in [1.807, 2.05) is 6.92 Å². The number of nitrogens with one attached hydrogen (secondary N) is 1. The van der Waals surface area contributed by atoms with E-state index in [2.05, 4.69) is 5.32 Å². The first-order valence-corrected chi connectivity index (χ1v) is 5.85. The second-order valence-corrected chi connectivity index (χ2v) is 4.09. The zero-order valence-electron chi connectivity index (χ0n) is 9.74. The quantitative estimate of drug-likeness (QED) is 0.681. The van der Waals surface area contributed by atoms with Crippen molar-refractivity contribution in [2.45, 2.75) is 26.2 Å². The molecule has 5 nitrogen and oxygen atoms in total. The largest absolute Gasteiger partial charge is 0.395 e. The Morgan fingerprint density at radius 1 is 1.56 bits per heavy atom. The van der Waals surface area contributed by atoms with Gasteiger partial charge in [0, 0.05) is 26.1 Å². The van der Waals surface area contributed by atoms with Gasteiger partial charge < -0.3 is 15.3 Å². The summed E-state index contributed by atoms with van der Waals surface area (Å²) in [5, 5.41) is 11.6. The van der Waals surface area contributed by atoms with Crippen LogP contribution in [0.25, 0.3) is 0 Å². The maximum absolute atomic E-state index is 12.0. The molecule has 0 aromatic rings. The minimum atomic E-state index is -0.115. The Balaban J connectivity index is 2.49. The summed E-state index contributed by atoms with van der Waals surface area (Å²) < 4.78 is 0. The highest BCUT2D eigenvalue weighted by atomic mass is 16.3. The molecule has 16 heavy (non-hydrogen) atoms. The van der Waals surface area contributed by atoms with Crippen LogP contribution >= 0.6 is 0 Å². The lowest BCUT2D eigenvalue weighted by atomic mass is 9.97. The van der Waals surface area contributed by atoms with Crippen molar-refractivity contribution in [3.63, 3.8) is 0 Å². The van der Waals surface area contributed by atoms with E-state index in [1.165, 1.54) is 0 Å². The van der Waals surface area contributed by atoms with Crippen LogP contribution < -0.4 is 5.32 Å². The number of hydrogen-bond donors (Lipinski definition) is 2. The van der Waals surface area contributed by atoms with Gasteiger partial charge in [0.05, 0.1) is 12.5 Å². The van der Waals surface area contributed by atoms with E-state index < -0.39 is 0 Å². The van der Waals surface area contributed by atoms with Crippen molar-refractivity contribution < 1.29 is 14.7 Å². The molecule has 1 unspecified atom stereocenters. The van der Waals surface area contributed by atoms with Gasteiger partial charge in [-0.25, -0.2) is 0 Å². The molecule has 0 radical (unpaired) electrons. The molecule has 1 saturated heterocycles. The molecular formula is C11H20N2O3. The van der Waals surface area contributed by atoms with E-state index >= 15 is 0 Å². The zero-order chi connectivity index (χ0) is 12.0. The second-order valence-electron chi connectivity index (χ2n) is 4.09. The standard InChI is InChI=1S/C11H20N2O3/c1-2-5-13(6-7-14)11(16)9-3-4-10(15)12-8-9/h9,14H,2-8H2,1H3,(H,12,15). The van der Waals surface area contributed by atoms with E-state index in [4.69, 9.17) is 5.11 Å². The van der Waals surface area contributed by atoms with Crippen molar-refractivity contribution in [2.24, 2.45) is 5.92 Å². The van der Waals surface area contributed by atoms with Gasteiger partial charge in [0.25, 0.3) is 0 Å². The summed E-state index contributed by atoms with van der Waals surface area (Å²) in [7, 11) is 0. The molecule has 0 spiro atoms. The van der Waals surface area contributed by atoms with Gasteiger partial charge in [-0.15, -0.1) is 0 Å². The topological polar surface area (TPSA) is 69.6 Å². The van der Waals surface area contributed by atoms with Crippen LogP contribution in [0.2, 0.25) is 0 Å². The predicted octanol–water partition coefficient (Wildman–Crippen LogP) is -0.256. The zero-order valence-corrected chi connectivity index (χ0v) is 9.74. The minimum absolute atomic E-state index is 0.00911. The van der Waals surface area contributed by atoms with Crippen LogP contribution in [0.1, 0.15) is 26.2 Å². The molecule has 1 rings (SSSR count). The van der Waals surface area contributed by atoms with Gasteiger partial charge in [-0.05, 0) is 12.8 Å². The average molecular weight is 228 g/mol. The van der Waals surface area contributed by atoms with Crippen molar-refractivity contribution in [1.82, 2.24) is 10.2 Å². The van der Waals surface area contributed by atoms with Crippen LogP contribution in [-0.2, 0) is 9.59 Å². The molecule has 0 aromatic heterocycles. The van der Waals surface area contributed by atoms with Crippen LogP contribution in [0.15, 0.2) is 0 Å². The first-order chi connectivity index (χ1) is 7.69. The van der Waals surface area contributed by atoms with Gasteiger partial charge in [-0.2, -0.15) is 0 Å². The SMILES string of the molecule is CCCN(CCO)C(=O)C1CCC(=O)NC1. The molecular weight excluding hydrogens is 208 g/mol. The van der Waals surface area contributed by atoms with E-state index in [0.29, 0.717) is 32.5 Å². The van der Waals surface area contributed by atoms with Gasteiger partial charge >= 0.3 is 0 Å². The molecule has 92 valence electrons. The van der Waals surface area contributed by atoms with E-state index in [0.717, 1.165) is 6.42 Å². The smallest absolute Gasteiger partial charge is 0.227 e. The second kappa shape index (κ2) is 6.48. The highest BCUT2D eigenvalue weighted by Crippen LogP contribution is 2.14. The van der Waals surface area contributed by atoms with E-state index in [9.17, 15) is 9.59 Å². The summed E-state index contributed by atoms with van der Waals surface area (Å²) >= 11 is 0. The summed E-state index contributed by atoms with van der Waals surface area (Å²) in [4.78, 5) is 24.7. The van der Waals surface area contributed by atoms with Crippen LogP contribution in [-0.4, -0.2) is 48.1 Å². The number of aliphatic hydroxyl groups is 1. The number of rotatable bonds is 5. The molecule has 2 N–H and O–H groups in total. The lowest BCUT2D eigenvalue weighted by molar-refractivity contribution is -0.138. The maximum Gasteiger partial charge on any atom is 0.227 e. The van der Waals surface area contributed by atoms with Crippen LogP contribution in [0, 0.1) is 5.92 Å². The Labute approximate surface area is 95.8 Å². The van der Waals surface area contributed by atoms with E-state index in [-0.39, 0.29) is 24.3 Å². The number of amides is 2. The Kier molecular flexibility index (Phi) is 5.25. The van der Waals surface area contributed by atoms with E-state index in [1.54, 1.807) is 4.90 Å². The third-order valence-corrected chi connectivity index (χ3v) is 2.79. The Morgan fingerprint density at radius 2 is 2.31 bits per heavy atom. The minimum Gasteiger partial charge on any atom is -0.395 e. The molecule has 0 aromatic carbocycles. The summed E-state index contributed by atoms with van der Waals surface area (Å²) in [6, 6.07) is 0. The van der Waals surface area contributed by atoms with Gasteiger partial charge in [0.1, 0.15) is 0 Å². The molecule has 1 fully saturated rings. The van der Waals surface area contributed by atoms with Crippen molar-refractivity contribution in [2.75, 3.05) is 26.2 Å². The molecule has 1 aliphatic rings. The van der Waals surface area contributed by atoms with Gasteiger partial charge in [-0.3, -0.25) is 9.59 Å². The maximum atomic E-state index is 12.0. The third kappa shape index (κ3) is 3.48. The molecule has 0 bridgehead atoms. The number of carbonyl (C=O) groups is 2. The third-order valence-electron chi connectivity index (χ3n) is 2.79. The summed E-state index contributed by atoms with van der Waals surface area (Å²) in [5.41, 5.74) is 0. The molecule has 1 heterocycles. The van der Waals surface area contributed by atoms with Crippen LogP contribution in [0.3, 0.4) is 0 Å². The van der Waals surface area contributed by atoms with Crippen molar-refractivity contribution in [3.05, 3.63) is 0 Å². The van der Waals surface area contributed by atoms with Crippen molar-refractivity contribution >= 4 is 11.8 Å². The average Bonchev–Trinajstić information content (AvgIpc) is 2.29. The van der Waals surface area contributed by atoms with Crippen molar-refractivity contribution in [3.8, 4) is 0 Å². The van der Waals surface area contributed by atoms with Gasteiger partial charge in [-0.1, -0.05) is 6.92 Å². The summed E-state index contributed by atoms with van der Waals surface area (Å²) in [6.07, 6.45) is 1.93. The predicted molar refractivity (Wildman–Crippen MR) is 59.7 cm³/mol. The number of hydrogen-bond acceptors (Lipinski definition) is 3. The number of aliphatic hydroxyl groups excluding tert-OH is 1. The molecule has 1 atom stereocenters. The molecule has 0 aliphatic carbocycles. The van der Waals surface area contributed by atoms with Gasteiger partial charge in [0.2, 0.25) is 11.8 Å². The molecule has 1 aliphatic heterocycles. The highest BCUT2D eigenvalue weighted by molar-refractivity contribution is 5.83. The monoisotopic (exact) mass is 228 g/mol. The molecule has 2 amide bonds. The Morgan fingerprint density at radius 3 is 2.81 bits per heavy atom. The normalized spacial score (nSPS) is 20.4. The van der Waals surface area contributed by atoms with Crippen LogP contribution in [0.4, 0.5) is 0 Å². The highest BCUT2D eigenvalue weighted by Gasteiger charge is 2.27. The Hall–Kier alpha value is -1.10. The van der Waals surface area contributed by atoms with Gasteiger partial charge in [0.15, 0.2) is 0 Å². The first kappa shape index (κ1) is 13.0. The molecule has 0 saturated carbocycles. The van der Waals surface area contributed by atoms with Crippen LogP contribution in [0.5, 0.6) is 0 Å². The fraction of sp³-hybridized carbons (Fsp3) is 0.818. The summed E-state index contributed by atoms with van der Waals surface area (Å²) in [6.45, 7) is 3.48.